The van der Waals surface area contributed by atoms with Gasteiger partial charge >= 0.3 is 0 Å². The molecule has 5 heteroatoms. The standard InChI is InChI=1S/C24H24N4O/c1-28(2)19-9-7-17(8-10-19)21(15-24(27-29)18-11-13-25-14-12-18)22-16-26-23-6-4-3-5-20(22)23/h3-14,16,21,26,29H,15H2,1-2H3/b27-24+. The number of oxime groups is 1. The van der Waals surface area contributed by atoms with Crippen LogP contribution in [0.2, 0.25) is 0 Å². The summed E-state index contributed by atoms with van der Waals surface area (Å²) in [6.45, 7) is 0. The van der Waals surface area contributed by atoms with E-state index in [2.05, 4.69) is 68.7 Å². The predicted octanol–water partition coefficient (Wildman–Crippen LogP) is 5.03. The van der Waals surface area contributed by atoms with Gasteiger partial charge in [0.1, 0.15) is 0 Å². The number of hydrogen-bond donors (Lipinski definition) is 2. The second-order valence-corrected chi connectivity index (χ2v) is 7.31. The molecule has 2 heterocycles. The SMILES string of the molecule is CN(C)c1ccc(C(C/C(=N\O)c2ccncc2)c2c[nH]c3ccccc23)cc1. The number of para-hydroxylation sites is 1. The normalized spacial score (nSPS) is 12.8. The first-order chi connectivity index (χ1) is 14.2. The molecule has 146 valence electrons. The molecule has 1 atom stereocenters. The molecule has 29 heavy (non-hydrogen) atoms. The third kappa shape index (κ3) is 3.85. The van der Waals surface area contributed by atoms with E-state index in [-0.39, 0.29) is 5.92 Å². The molecule has 0 amide bonds. The number of aromatic amines is 1. The summed E-state index contributed by atoms with van der Waals surface area (Å²) in [6.07, 6.45) is 6.07. The molecule has 0 bridgehead atoms. The van der Waals surface area contributed by atoms with Gasteiger partial charge in [-0.15, -0.1) is 0 Å². The number of H-pyrrole nitrogens is 1. The van der Waals surface area contributed by atoms with Gasteiger partial charge in [-0.2, -0.15) is 0 Å². The number of rotatable bonds is 6. The van der Waals surface area contributed by atoms with Gasteiger partial charge in [0.25, 0.3) is 0 Å². The van der Waals surface area contributed by atoms with Crippen LogP contribution >= 0.6 is 0 Å². The van der Waals surface area contributed by atoms with E-state index in [4.69, 9.17) is 0 Å². The van der Waals surface area contributed by atoms with Crippen LogP contribution in [-0.2, 0) is 0 Å². The first-order valence-corrected chi connectivity index (χ1v) is 9.62. The molecule has 2 aromatic heterocycles. The average molecular weight is 384 g/mol. The number of aromatic nitrogens is 2. The van der Waals surface area contributed by atoms with Crippen LogP contribution < -0.4 is 4.90 Å². The number of anilines is 1. The smallest absolute Gasteiger partial charge is 0.0878 e. The van der Waals surface area contributed by atoms with E-state index in [1.807, 2.05) is 32.3 Å². The second kappa shape index (κ2) is 8.19. The van der Waals surface area contributed by atoms with Crippen LogP contribution in [0.1, 0.15) is 29.0 Å². The van der Waals surface area contributed by atoms with Crippen molar-refractivity contribution in [3.63, 3.8) is 0 Å². The van der Waals surface area contributed by atoms with Crippen molar-refractivity contribution in [1.82, 2.24) is 9.97 Å². The molecule has 2 aromatic carbocycles. The second-order valence-electron chi connectivity index (χ2n) is 7.31. The van der Waals surface area contributed by atoms with Crippen molar-refractivity contribution in [2.24, 2.45) is 5.16 Å². The summed E-state index contributed by atoms with van der Waals surface area (Å²) in [4.78, 5) is 9.53. The van der Waals surface area contributed by atoms with Gasteiger partial charge in [0.2, 0.25) is 0 Å². The van der Waals surface area contributed by atoms with Gasteiger partial charge in [0.05, 0.1) is 5.71 Å². The van der Waals surface area contributed by atoms with Crippen LogP contribution in [0.3, 0.4) is 0 Å². The van der Waals surface area contributed by atoms with Gasteiger partial charge in [-0.1, -0.05) is 35.5 Å². The van der Waals surface area contributed by atoms with Gasteiger partial charge in [-0.05, 0) is 41.5 Å². The van der Waals surface area contributed by atoms with Crippen molar-refractivity contribution < 1.29 is 5.21 Å². The Kier molecular flexibility index (Phi) is 5.29. The zero-order valence-corrected chi connectivity index (χ0v) is 16.6. The fraction of sp³-hybridized carbons (Fsp3) is 0.167. The molecule has 1 unspecified atom stereocenters. The Labute approximate surface area is 170 Å². The van der Waals surface area contributed by atoms with E-state index >= 15 is 0 Å². The van der Waals surface area contributed by atoms with Gasteiger partial charge in [0.15, 0.2) is 0 Å². The average Bonchev–Trinajstić information content (AvgIpc) is 3.19. The summed E-state index contributed by atoms with van der Waals surface area (Å²) in [5, 5.41) is 14.6. The lowest BCUT2D eigenvalue weighted by molar-refractivity contribution is 0.317. The molecule has 0 aliphatic carbocycles. The highest BCUT2D eigenvalue weighted by molar-refractivity contribution is 6.01. The summed E-state index contributed by atoms with van der Waals surface area (Å²) < 4.78 is 0. The topological polar surface area (TPSA) is 64.5 Å². The van der Waals surface area contributed by atoms with Crippen LogP contribution in [0.15, 0.2) is 84.4 Å². The Bertz CT molecular complexity index is 1110. The van der Waals surface area contributed by atoms with Crippen molar-refractivity contribution in [1.29, 1.82) is 0 Å². The maximum Gasteiger partial charge on any atom is 0.0878 e. The molecule has 4 rings (SSSR count). The zero-order chi connectivity index (χ0) is 20.2. The van der Waals surface area contributed by atoms with Crippen LogP contribution in [-0.4, -0.2) is 35.0 Å². The van der Waals surface area contributed by atoms with Gasteiger partial charge in [0, 0.05) is 67.2 Å². The highest BCUT2D eigenvalue weighted by Crippen LogP contribution is 2.35. The van der Waals surface area contributed by atoms with E-state index in [0.29, 0.717) is 12.1 Å². The molecule has 5 nitrogen and oxygen atoms in total. The van der Waals surface area contributed by atoms with Crippen molar-refractivity contribution in [3.8, 4) is 0 Å². The molecule has 0 spiro atoms. The monoisotopic (exact) mass is 384 g/mol. The molecule has 0 saturated carbocycles. The third-order valence-corrected chi connectivity index (χ3v) is 5.34. The van der Waals surface area contributed by atoms with Crippen molar-refractivity contribution in [3.05, 3.63) is 95.9 Å². The Morgan fingerprint density at radius 3 is 2.45 bits per heavy atom. The Balaban J connectivity index is 1.78. The largest absolute Gasteiger partial charge is 0.411 e. The minimum absolute atomic E-state index is 0.0430. The van der Waals surface area contributed by atoms with Crippen LogP contribution in [0.5, 0.6) is 0 Å². The number of pyridine rings is 1. The molecular weight excluding hydrogens is 360 g/mol. The van der Waals surface area contributed by atoms with Crippen molar-refractivity contribution >= 4 is 22.3 Å². The van der Waals surface area contributed by atoms with E-state index in [1.54, 1.807) is 12.4 Å². The molecule has 0 aliphatic rings. The fourth-order valence-corrected chi connectivity index (χ4v) is 3.75. The van der Waals surface area contributed by atoms with E-state index in [1.165, 1.54) is 16.5 Å². The van der Waals surface area contributed by atoms with E-state index in [0.717, 1.165) is 16.8 Å². The van der Waals surface area contributed by atoms with Crippen LogP contribution in [0, 0.1) is 0 Å². The molecule has 0 aliphatic heterocycles. The Morgan fingerprint density at radius 1 is 1.03 bits per heavy atom. The first-order valence-electron chi connectivity index (χ1n) is 9.62. The van der Waals surface area contributed by atoms with Crippen molar-refractivity contribution in [2.75, 3.05) is 19.0 Å². The molecular formula is C24H24N4O. The van der Waals surface area contributed by atoms with Crippen LogP contribution in [0.4, 0.5) is 5.69 Å². The first kappa shape index (κ1) is 18.7. The summed E-state index contributed by atoms with van der Waals surface area (Å²) in [5.41, 5.74) is 6.13. The molecule has 2 N–H and O–H groups in total. The number of hydrogen-bond acceptors (Lipinski definition) is 4. The summed E-state index contributed by atoms with van der Waals surface area (Å²) in [5.74, 6) is 0.0430. The summed E-state index contributed by atoms with van der Waals surface area (Å²) in [6, 6.07) is 20.6. The minimum Gasteiger partial charge on any atom is -0.411 e. The summed E-state index contributed by atoms with van der Waals surface area (Å²) in [7, 11) is 4.07. The number of nitrogens with zero attached hydrogens (tertiary/aromatic N) is 3. The molecule has 0 radical (unpaired) electrons. The molecule has 4 aromatic rings. The third-order valence-electron chi connectivity index (χ3n) is 5.34. The molecule has 0 saturated heterocycles. The lowest BCUT2D eigenvalue weighted by Crippen LogP contribution is -2.11. The van der Waals surface area contributed by atoms with Gasteiger partial charge in [-0.3, -0.25) is 4.98 Å². The number of fused-ring (bicyclic) bond motifs is 1. The quantitative estimate of drug-likeness (QED) is 0.278. The van der Waals surface area contributed by atoms with Crippen LogP contribution in [0.25, 0.3) is 10.9 Å². The van der Waals surface area contributed by atoms with E-state index in [9.17, 15) is 5.21 Å². The minimum atomic E-state index is 0.0430. The lowest BCUT2D eigenvalue weighted by atomic mass is 9.85. The molecule has 0 fully saturated rings. The van der Waals surface area contributed by atoms with E-state index < -0.39 is 0 Å². The predicted molar refractivity (Wildman–Crippen MR) is 118 cm³/mol. The van der Waals surface area contributed by atoms with Crippen molar-refractivity contribution in [2.45, 2.75) is 12.3 Å². The number of nitrogens with one attached hydrogen (secondary N) is 1. The highest BCUT2D eigenvalue weighted by Gasteiger charge is 2.21. The van der Waals surface area contributed by atoms with Gasteiger partial charge < -0.3 is 15.1 Å². The zero-order valence-electron chi connectivity index (χ0n) is 16.6. The fourth-order valence-electron chi connectivity index (χ4n) is 3.75. The number of benzene rings is 2. The Hall–Kier alpha value is -3.60. The Morgan fingerprint density at radius 2 is 1.76 bits per heavy atom. The van der Waals surface area contributed by atoms with Gasteiger partial charge in [-0.25, -0.2) is 0 Å². The maximum atomic E-state index is 9.76. The maximum absolute atomic E-state index is 9.76. The summed E-state index contributed by atoms with van der Waals surface area (Å²) >= 11 is 0. The highest BCUT2D eigenvalue weighted by atomic mass is 16.4. The lowest BCUT2D eigenvalue weighted by Gasteiger charge is -2.20.